The average Bonchev–Trinajstić information content (AvgIpc) is 3.21. The Morgan fingerprint density at radius 3 is 2.56 bits per heavy atom. The molecule has 0 aliphatic carbocycles. The van der Waals surface area contributed by atoms with E-state index in [9.17, 15) is 12.8 Å². The second-order valence-corrected chi connectivity index (χ2v) is 7.76. The van der Waals surface area contributed by atoms with Crippen LogP contribution in [0.5, 0.6) is 11.5 Å². The number of hydrogen-bond donors (Lipinski definition) is 0. The Morgan fingerprint density at radius 1 is 1.12 bits per heavy atom. The predicted molar refractivity (Wildman–Crippen MR) is 89.5 cm³/mol. The van der Waals surface area contributed by atoms with Crippen LogP contribution in [-0.4, -0.2) is 31.6 Å². The molecule has 0 spiro atoms. The van der Waals surface area contributed by atoms with Gasteiger partial charge in [-0.3, -0.25) is 0 Å². The lowest BCUT2D eigenvalue weighted by atomic mass is 9.99. The number of halogens is 1. The van der Waals surface area contributed by atoms with Gasteiger partial charge in [0.1, 0.15) is 5.82 Å². The molecular formula is C17H15FN2O4S. The Hall–Kier alpha value is -2.61. The normalized spacial score (nSPS) is 19.2. The highest BCUT2D eigenvalue weighted by Gasteiger charge is 2.34. The molecule has 8 heteroatoms. The molecule has 0 N–H and O–H groups in total. The lowest BCUT2D eigenvalue weighted by Crippen LogP contribution is -2.25. The first-order valence-electron chi connectivity index (χ1n) is 7.64. The number of sulfonamides is 1. The van der Waals surface area contributed by atoms with Gasteiger partial charge < -0.3 is 9.47 Å². The Balaban J connectivity index is 1.71. The van der Waals surface area contributed by atoms with Crippen LogP contribution in [0.2, 0.25) is 0 Å². The number of ether oxygens (including phenoxy) is 2. The van der Waals surface area contributed by atoms with E-state index < -0.39 is 16.1 Å². The molecular weight excluding hydrogens is 347 g/mol. The van der Waals surface area contributed by atoms with Crippen molar-refractivity contribution >= 4 is 15.7 Å². The molecule has 0 bridgehead atoms. The molecule has 0 amide bonds. The molecule has 0 radical (unpaired) electrons. The lowest BCUT2D eigenvalue weighted by Gasteiger charge is -2.21. The molecule has 1 atom stereocenters. The van der Waals surface area contributed by atoms with E-state index in [2.05, 4.69) is 5.10 Å². The van der Waals surface area contributed by atoms with E-state index in [-0.39, 0.29) is 12.6 Å². The minimum Gasteiger partial charge on any atom is -0.454 e. The maximum Gasteiger partial charge on any atom is 0.247 e. The van der Waals surface area contributed by atoms with Crippen molar-refractivity contribution < 1.29 is 22.3 Å². The molecule has 2 aromatic rings. The van der Waals surface area contributed by atoms with Gasteiger partial charge in [-0.1, -0.05) is 12.1 Å². The van der Waals surface area contributed by atoms with E-state index in [1.807, 2.05) is 6.07 Å². The fourth-order valence-corrected chi connectivity index (χ4v) is 3.88. The fourth-order valence-electron chi connectivity index (χ4n) is 2.98. The van der Waals surface area contributed by atoms with Gasteiger partial charge in [-0.15, -0.1) is 0 Å². The number of benzene rings is 2. The highest BCUT2D eigenvalue weighted by molar-refractivity contribution is 7.88. The summed E-state index contributed by atoms with van der Waals surface area (Å²) < 4.78 is 49.2. The molecule has 4 rings (SSSR count). The van der Waals surface area contributed by atoms with Crippen molar-refractivity contribution in [2.24, 2.45) is 5.10 Å². The molecule has 2 aliphatic heterocycles. The van der Waals surface area contributed by atoms with Crippen LogP contribution in [-0.2, 0) is 10.0 Å². The topological polar surface area (TPSA) is 68.2 Å². The van der Waals surface area contributed by atoms with Gasteiger partial charge in [-0.2, -0.15) is 9.52 Å². The second kappa shape index (κ2) is 5.73. The lowest BCUT2D eigenvalue weighted by molar-refractivity contribution is 0.174. The fraction of sp³-hybridized carbons (Fsp3) is 0.235. The third-order valence-electron chi connectivity index (χ3n) is 4.17. The number of hydrazone groups is 1. The van der Waals surface area contributed by atoms with Crippen LogP contribution in [0.15, 0.2) is 47.6 Å². The summed E-state index contributed by atoms with van der Waals surface area (Å²) in [5.41, 5.74) is 2.08. The van der Waals surface area contributed by atoms with Gasteiger partial charge in [-0.25, -0.2) is 12.8 Å². The van der Waals surface area contributed by atoms with Gasteiger partial charge in [0.15, 0.2) is 11.5 Å². The molecule has 2 aliphatic rings. The molecule has 0 saturated heterocycles. The molecule has 0 aromatic heterocycles. The Bertz CT molecular complexity index is 957. The first kappa shape index (κ1) is 15.9. The molecule has 0 saturated carbocycles. The summed E-state index contributed by atoms with van der Waals surface area (Å²) in [5.74, 6) is 0.887. The molecule has 2 aromatic carbocycles. The van der Waals surface area contributed by atoms with Crippen LogP contribution in [0.3, 0.4) is 0 Å². The van der Waals surface area contributed by atoms with Crippen LogP contribution >= 0.6 is 0 Å². The smallest absolute Gasteiger partial charge is 0.247 e. The van der Waals surface area contributed by atoms with Crippen molar-refractivity contribution in [2.75, 3.05) is 13.0 Å². The largest absolute Gasteiger partial charge is 0.454 e. The maximum atomic E-state index is 13.2. The average molecular weight is 362 g/mol. The van der Waals surface area contributed by atoms with Crippen LogP contribution in [0.1, 0.15) is 23.6 Å². The molecule has 25 heavy (non-hydrogen) atoms. The van der Waals surface area contributed by atoms with Crippen molar-refractivity contribution in [2.45, 2.75) is 12.5 Å². The molecule has 0 unspecified atom stereocenters. The Kier molecular flexibility index (Phi) is 3.64. The minimum atomic E-state index is -3.57. The van der Waals surface area contributed by atoms with Gasteiger partial charge in [0.2, 0.25) is 16.8 Å². The summed E-state index contributed by atoms with van der Waals surface area (Å²) >= 11 is 0. The predicted octanol–water partition coefficient (Wildman–Crippen LogP) is 2.67. The van der Waals surface area contributed by atoms with E-state index in [1.165, 1.54) is 12.1 Å². The standard InChI is InChI=1S/C17H15FN2O4S/c1-25(21,22)20-15(11-2-5-13(18)6-3-11)9-14(19-20)12-4-7-16-17(8-12)24-10-23-16/h2-8,15H,9-10H2,1H3/t15-/m1/s1. The summed E-state index contributed by atoms with van der Waals surface area (Å²) in [7, 11) is -3.57. The zero-order valence-corrected chi connectivity index (χ0v) is 14.2. The van der Waals surface area contributed by atoms with Crippen LogP contribution < -0.4 is 9.47 Å². The number of fused-ring (bicyclic) bond motifs is 1. The monoisotopic (exact) mass is 362 g/mol. The van der Waals surface area contributed by atoms with Crippen molar-refractivity contribution in [3.8, 4) is 11.5 Å². The van der Waals surface area contributed by atoms with Crippen molar-refractivity contribution in [3.05, 3.63) is 59.4 Å². The molecule has 0 fully saturated rings. The Morgan fingerprint density at radius 2 is 1.84 bits per heavy atom. The van der Waals surface area contributed by atoms with E-state index in [4.69, 9.17) is 9.47 Å². The molecule has 2 heterocycles. The minimum absolute atomic E-state index is 0.166. The first-order chi connectivity index (χ1) is 11.9. The summed E-state index contributed by atoms with van der Waals surface area (Å²) in [6.45, 7) is 0.166. The van der Waals surface area contributed by atoms with E-state index in [1.54, 1.807) is 24.3 Å². The van der Waals surface area contributed by atoms with Crippen molar-refractivity contribution in [1.82, 2.24) is 4.41 Å². The first-order valence-corrected chi connectivity index (χ1v) is 9.49. The molecule has 130 valence electrons. The number of hydrogen-bond acceptors (Lipinski definition) is 5. The SMILES string of the molecule is CS(=O)(=O)N1N=C(c2ccc3c(c2)OCO3)C[C@@H]1c1ccc(F)cc1. The van der Waals surface area contributed by atoms with E-state index >= 15 is 0 Å². The highest BCUT2D eigenvalue weighted by Crippen LogP contribution is 2.37. The summed E-state index contributed by atoms with van der Waals surface area (Å²) in [6, 6.07) is 10.7. The summed E-state index contributed by atoms with van der Waals surface area (Å²) in [5, 5.41) is 4.31. The third kappa shape index (κ3) is 2.93. The van der Waals surface area contributed by atoms with Crippen LogP contribution in [0.4, 0.5) is 4.39 Å². The third-order valence-corrected chi connectivity index (χ3v) is 5.19. The van der Waals surface area contributed by atoms with Crippen LogP contribution in [0.25, 0.3) is 0 Å². The zero-order valence-electron chi connectivity index (χ0n) is 13.3. The molecule has 6 nitrogen and oxygen atoms in total. The van der Waals surface area contributed by atoms with E-state index in [0.717, 1.165) is 16.2 Å². The number of nitrogens with zero attached hydrogens (tertiary/aromatic N) is 2. The highest BCUT2D eigenvalue weighted by atomic mass is 32.2. The number of rotatable bonds is 3. The Labute approximate surface area is 144 Å². The zero-order chi connectivity index (χ0) is 17.6. The van der Waals surface area contributed by atoms with Gasteiger partial charge in [0, 0.05) is 12.0 Å². The van der Waals surface area contributed by atoms with Gasteiger partial charge in [0.25, 0.3) is 0 Å². The van der Waals surface area contributed by atoms with E-state index in [0.29, 0.717) is 29.2 Å². The summed E-state index contributed by atoms with van der Waals surface area (Å²) in [6.07, 6.45) is 1.49. The van der Waals surface area contributed by atoms with Crippen molar-refractivity contribution in [3.63, 3.8) is 0 Å². The van der Waals surface area contributed by atoms with Gasteiger partial charge in [-0.05, 0) is 35.9 Å². The maximum absolute atomic E-state index is 13.2. The van der Waals surface area contributed by atoms with Crippen LogP contribution in [0, 0.1) is 5.82 Å². The van der Waals surface area contributed by atoms with Crippen molar-refractivity contribution in [1.29, 1.82) is 0 Å². The second-order valence-electron chi connectivity index (χ2n) is 5.92. The quantitative estimate of drug-likeness (QED) is 0.842. The van der Waals surface area contributed by atoms with Gasteiger partial charge >= 0.3 is 0 Å². The summed E-state index contributed by atoms with van der Waals surface area (Å²) in [4.78, 5) is 0. The van der Waals surface area contributed by atoms with Gasteiger partial charge in [0.05, 0.1) is 18.0 Å².